The maximum absolute atomic E-state index is 13.2. The van der Waals surface area contributed by atoms with Crippen LogP contribution < -0.4 is 5.32 Å². The molecule has 1 saturated carbocycles. The highest BCUT2D eigenvalue weighted by Gasteiger charge is 2.40. The molecule has 0 amide bonds. The van der Waals surface area contributed by atoms with Crippen molar-refractivity contribution in [2.24, 2.45) is 5.92 Å². The van der Waals surface area contributed by atoms with E-state index in [0.29, 0.717) is 23.7 Å². The van der Waals surface area contributed by atoms with Crippen LogP contribution in [0, 0.1) is 11.7 Å². The second kappa shape index (κ2) is 5.16. The quantitative estimate of drug-likeness (QED) is 0.907. The van der Waals surface area contributed by atoms with Gasteiger partial charge in [0.15, 0.2) is 0 Å². The van der Waals surface area contributed by atoms with E-state index in [0.717, 1.165) is 24.5 Å². The van der Waals surface area contributed by atoms with Crippen LogP contribution in [0.15, 0.2) is 18.2 Å². The predicted molar refractivity (Wildman–Crippen MR) is 69.1 cm³/mol. The molecular formula is C14H17ClFNO. The van der Waals surface area contributed by atoms with E-state index in [1.165, 1.54) is 25.0 Å². The standard InChI is InChI=1S/C14H17ClFNO/c15-11-5-9(6-12(16)7-11)8-17-13-3-4-18-14(13)10-1-2-10/h5-7,10,13-14,17H,1-4,8H2. The number of benzene rings is 1. The first kappa shape index (κ1) is 12.4. The Labute approximate surface area is 111 Å². The molecule has 1 saturated heterocycles. The van der Waals surface area contributed by atoms with Crippen molar-refractivity contribution in [2.45, 2.75) is 38.0 Å². The van der Waals surface area contributed by atoms with Gasteiger partial charge in [0.05, 0.1) is 6.10 Å². The minimum Gasteiger partial charge on any atom is -0.376 e. The molecule has 0 radical (unpaired) electrons. The van der Waals surface area contributed by atoms with Crippen LogP contribution in [0.4, 0.5) is 4.39 Å². The van der Waals surface area contributed by atoms with E-state index in [1.807, 2.05) is 0 Å². The molecule has 0 bridgehead atoms. The first-order valence-electron chi connectivity index (χ1n) is 6.52. The first-order valence-corrected chi connectivity index (χ1v) is 6.90. The molecule has 1 aliphatic heterocycles. The topological polar surface area (TPSA) is 21.3 Å². The Kier molecular flexibility index (Phi) is 3.55. The summed E-state index contributed by atoms with van der Waals surface area (Å²) in [6, 6.07) is 5.07. The van der Waals surface area contributed by atoms with Crippen LogP contribution in [0.5, 0.6) is 0 Å². The summed E-state index contributed by atoms with van der Waals surface area (Å²) in [6.07, 6.45) is 3.97. The van der Waals surface area contributed by atoms with E-state index < -0.39 is 0 Å². The second-order valence-corrected chi connectivity index (χ2v) is 5.66. The number of hydrogen-bond acceptors (Lipinski definition) is 2. The van der Waals surface area contributed by atoms with Crippen molar-refractivity contribution in [3.63, 3.8) is 0 Å². The molecule has 1 N–H and O–H groups in total. The lowest BCUT2D eigenvalue weighted by molar-refractivity contribution is 0.0809. The van der Waals surface area contributed by atoms with Crippen LogP contribution in [-0.2, 0) is 11.3 Å². The van der Waals surface area contributed by atoms with Gasteiger partial charge in [-0.25, -0.2) is 4.39 Å². The number of halogens is 2. The lowest BCUT2D eigenvalue weighted by Crippen LogP contribution is -2.37. The van der Waals surface area contributed by atoms with Gasteiger partial charge in [0, 0.05) is 24.2 Å². The van der Waals surface area contributed by atoms with E-state index in [9.17, 15) is 4.39 Å². The van der Waals surface area contributed by atoms with Crippen LogP contribution in [0.1, 0.15) is 24.8 Å². The maximum Gasteiger partial charge on any atom is 0.125 e. The average Bonchev–Trinajstić information content (AvgIpc) is 3.05. The Morgan fingerprint density at radius 1 is 1.28 bits per heavy atom. The summed E-state index contributed by atoms with van der Waals surface area (Å²) in [5.74, 6) is 0.460. The number of rotatable bonds is 4. The van der Waals surface area contributed by atoms with Crippen molar-refractivity contribution < 1.29 is 9.13 Å². The highest BCUT2D eigenvalue weighted by molar-refractivity contribution is 6.30. The van der Waals surface area contributed by atoms with Crippen LogP contribution in [0.25, 0.3) is 0 Å². The Bertz CT molecular complexity index is 416. The molecule has 2 fully saturated rings. The molecule has 1 aromatic carbocycles. The summed E-state index contributed by atoms with van der Waals surface area (Å²) < 4.78 is 19.0. The van der Waals surface area contributed by atoms with Gasteiger partial charge in [-0.3, -0.25) is 0 Å². The highest BCUT2D eigenvalue weighted by atomic mass is 35.5. The lowest BCUT2D eigenvalue weighted by atomic mass is 10.1. The zero-order valence-electron chi connectivity index (χ0n) is 10.2. The van der Waals surface area contributed by atoms with Crippen molar-refractivity contribution in [3.8, 4) is 0 Å². The number of nitrogens with one attached hydrogen (secondary N) is 1. The van der Waals surface area contributed by atoms with E-state index in [1.54, 1.807) is 6.07 Å². The molecule has 0 spiro atoms. The molecule has 2 atom stereocenters. The summed E-state index contributed by atoms with van der Waals surface area (Å²) in [5, 5.41) is 3.93. The van der Waals surface area contributed by atoms with Crippen molar-refractivity contribution >= 4 is 11.6 Å². The summed E-state index contributed by atoms with van der Waals surface area (Å²) >= 11 is 5.84. The van der Waals surface area contributed by atoms with Crippen molar-refractivity contribution in [1.82, 2.24) is 5.32 Å². The zero-order valence-corrected chi connectivity index (χ0v) is 10.9. The van der Waals surface area contributed by atoms with Gasteiger partial charge in [-0.2, -0.15) is 0 Å². The van der Waals surface area contributed by atoms with Gasteiger partial charge in [0.1, 0.15) is 5.82 Å². The Hall–Kier alpha value is -0.640. The van der Waals surface area contributed by atoms with E-state index in [-0.39, 0.29) is 5.82 Å². The van der Waals surface area contributed by atoms with Crippen LogP contribution >= 0.6 is 11.6 Å². The Balaban J connectivity index is 1.59. The van der Waals surface area contributed by atoms with Gasteiger partial charge < -0.3 is 10.1 Å². The molecular weight excluding hydrogens is 253 g/mol. The Morgan fingerprint density at radius 2 is 2.11 bits per heavy atom. The van der Waals surface area contributed by atoms with Crippen molar-refractivity contribution in [1.29, 1.82) is 0 Å². The molecule has 3 rings (SSSR count). The lowest BCUT2D eigenvalue weighted by Gasteiger charge is -2.19. The number of hydrogen-bond donors (Lipinski definition) is 1. The summed E-state index contributed by atoms with van der Waals surface area (Å²) in [4.78, 5) is 0. The van der Waals surface area contributed by atoms with E-state index in [2.05, 4.69) is 5.32 Å². The SMILES string of the molecule is Fc1cc(Cl)cc(CNC2CCOC2C2CC2)c1. The van der Waals surface area contributed by atoms with E-state index >= 15 is 0 Å². The fourth-order valence-corrected chi connectivity index (χ4v) is 2.93. The third-order valence-electron chi connectivity index (χ3n) is 3.71. The summed E-state index contributed by atoms with van der Waals surface area (Å²) in [5.41, 5.74) is 0.890. The predicted octanol–water partition coefficient (Wildman–Crippen LogP) is 3.14. The minimum atomic E-state index is -0.277. The van der Waals surface area contributed by atoms with Crippen LogP contribution in [0.2, 0.25) is 5.02 Å². The summed E-state index contributed by atoms with van der Waals surface area (Å²) in [7, 11) is 0. The molecule has 1 aromatic rings. The third kappa shape index (κ3) is 2.85. The molecule has 1 heterocycles. The molecule has 1 aliphatic carbocycles. The molecule has 0 aromatic heterocycles. The molecule has 18 heavy (non-hydrogen) atoms. The Morgan fingerprint density at radius 3 is 2.83 bits per heavy atom. The van der Waals surface area contributed by atoms with Crippen molar-refractivity contribution in [3.05, 3.63) is 34.6 Å². The molecule has 98 valence electrons. The number of ether oxygens (including phenoxy) is 1. The zero-order chi connectivity index (χ0) is 12.5. The van der Waals surface area contributed by atoms with Gasteiger partial charge in [-0.15, -0.1) is 0 Å². The van der Waals surface area contributed by atoms with Gasteiger partial charge >= 0.3 is 0 Å². The fourth-order valence-electron chi connectivity index (χ4n) is 2.68. The fraction of sp³-hybridized carbons (Fsp3) is 0.571. The first-order chi connectivity index (χ1) is 8.72. The monoisotopic (exact) mass is 269 g/mol. The maximum atomic E-state index is 13.2. The largest absolute Gasteiger partial charge is 0.376 e. The van der Waals surface area contributed by atoms with E-state index in [4.69, 9.17) is 16.3 Å². The van der Waals surface area contributed by atoms with Gasteiger partial charge in [0.25, 0.3) is 0 Å². The van der Waals surface area contributed by atoms with Crippen molar-refractivity contribution in [2.75, 3.05) is 6.61 Å². The molecule has 2 aliphatic rings. The smallest absolute Gasteiger partial charge is 0.125 e. The second-order valence-electron chi connectivity index (χ2n) is 5.23. The molecule has 2 unspecified atom stereocenters. The average molecular weight is 270 g/mol. The van der Waals surface area contributed by atoms with Gasteiger partial charge in [0.2, 0.25) is 0 Å². The normalized spacial score (nSPS) is 27.7. The van der Waals surface area contributed by atoms with Gasteiger partial charge in [-0.05, 0) is 48.9 Å². The summed E-state index contributed by atoms with van der Waals surface area (Å²) in [6.45, 7) is 1.48. The molecule has 4 heteroatoms. The molecule has 2 nitrogen and oxygen atoms in total. The third-order valence-corrected chi connectivity index (χ3v) is 3.93. The van der Waals surface area contributed by atoms with Gasteiger partial charge in [-0.1, -0.05) is 11.6 Å². The minimum absolute atomic E-state index is 0.277. The van der Waals surface area contributed by atoms with Crippen LogP contribution in [-0.4, -0.2) is 18.8 Å². The highest BCUT2D eigenvalue weighted by Crippen LogP contribution is 2.38. The van der Waals surface area contributed by atoms with Crippen LogP contribution in [0.3, 0.4) is 0 Å².